The van der Waals surface area contributed by atoms with Gasteiger partial charge in [-0.2, -0.15) is 0 Å². The number of carbonyl (C=O) groups excluding carboxylic acids is 1. The number of anilines is 1. The number of carboxylic acid groups (broad SMARTS) is 3. The molecule has 0 unspecified atom stereocenters. The molecule has 0 aliphatic rings. The molecular weight excluding hydrogens is 318 g/mol. The van der Waals surface area contributed by atoms with Crippen molar-refractivity contribution in [3.63, 3.8) is 0 Å². The summed E-state index contributed by atoms with van der Waals surface area (Å²) in [6, 6.07) is 9.57. The number of benzene rings is 2. The molecule has 4 N–H and O–H groups in total. The molecule has 1 amide bonds. The van der Waals surface area contributed by atoms with E-state index in [-0.39, 0.29) is 0 Å². The molecule has 0 spiro atoms. The molecule has 0 aliphatic carbocycles. The van der Waals surface area contributed by atoms with E-state index in [0.29, 0.717) is 11.8 Å². The van der Waals surface area contributed by atoms with E-state index in [1.165, 1.54) is 12.1 Å². The summed E-state index contributed by atoms with van der Waals surface area (Å²) in [4.78, 5) is 46.1. The SMILES string of the molecule is O=C(O)c1cc(C(=O)O)c(C(=O)O)c(C(=O)Nc2ccccc2)c1. The second-order valence-electron chi connectivity index (χ2n) is 4.68. The van der Waals surface area contributed by atoms with E-state index >= 15 is 0 Å². The van der Waals surface area contributed by atoms with Crippen LogP contribution in [-0.4, -0.2) is 39.1 Å². The second-order valence-corrected chi connectivity index (χ2v) is 4.68. The van der Waals surface area contributed by atoms with E-state index in [0.717, 1.165) is 6.07 Å². The number of carboxylic acids is 3. The molecule has 8 heteroatoms. The van der Waals surface area contributed by atoms with E-state index < -0.39 is 46.1 Å². The fourth-order valence-corrected chi connectivity index (χ4v) is 2.06. The van der Waals surface area contributed by atoms with Gasteiger partial charge in [0.1, 0.15) is 0 Å². The summed E-state index contributed by atoms with van der Waals surface area (Å²) >= 11 is 0. The zero-order valence-corrected chi connectivity index (χ0v) is 12.0. The van der Waals surface area contributed by atoms with Gasteiger partial charge in [0.15, 0.2) is 0 Å². The topological polar surface area (TPSA) is 141 Å². The van der Waals surface area contributed by atoms with Gasteiger partial charge in [0, 0.05) is 5.69 Å². The van der Waals surface area contributed by atoms with Crippen molar-refractivity contribution in [2.24, 2.45) is 0 Å². The van der Waals surface area contributed by atoms with Gasteiger partial charge in [0.25, 0.3) is 5.91 Å². The lowest BCUT2D eigenvalue weighted by Gasteiger charge is -2.11. The lowest BCUT2D eigenvalue weighted by Crippen LogP contribution is -2.21. The highest BCUT2D eigenvalue weighted by Gasteiger charge is 2.26. The van der Waals surface area contributed by atoms with E-state index in [2.05, 4.69) is 5.32 Å². The molecule has 0 radical (unpaired) electrons. The minimum absolute atomic E-state index is 0.344. The van der Waals surface area contributed by atoms with Gasteiger partial charge in [-0.05, 0) is 24.3 Å². The Morgan fingerprint density at radius 1 is 0.750 bits per heavy atom. The predicted molar refractivity (Wildman–Crippen MR) is 81.7 cm³/mol. The average Bonchev–Trinajstić information content (AvgIpc) is 2.54. The maximum absolute atomic E-state index is 12.3. The molecule has 24 heavy (non-hydrogen) atoms. The van der Waals surface area contributed by atoms with Crippen LogP contribution >= 0.6 is 0 Å². The van der Waals surface area contributed by atoms with E-state index in [9.17, 15) is 24.3 Å². The van der Waals surface area contributed by atoms with Crippen molar-refractivity contribution in [3.05, 3.63) is 64.7 Å². The summed E-state index contributed by atoms with van der Waals surface area (Å²) in [6.07, 6.45) is 0. The molecule has 8 nitrogen and oxygen atoms in total. The molecule has 2 aromatic rings. The lowest BCUT2D eigenvalue weighted by molar-refractivity contribution is 0.0647. The fourth-order valence-electron chi connectivity index (χ4n) is 2.06. The standard InChI is InChI=1S/C16H11NO7/c18-13(17-9-4-2-1-3-5-9)10-6-8(14(19)20)7-11(15(21)22)12(10)16(23)24/h1-7H,(H,17,18)(H,19,20)(H,21,22)(H,23,24). The van der Waals surface area contributed by atoms with Crippen molar-refractivity contribution in [2.45, 2.75) is 0 Å². The first kappa shape index (κ1) is 16.7. The minimum Gasteiger partial charge on any atom is -0.478 e. The summed E-state index contributed by atoms with van der Waals surface area (Å²) in [5.74, 6) is -5.71. The summed E-state index contributed by atoms with van der Waals surface area (Å²) < 4.78 is 0. The van der Waals surface area contributed by atoms with E-state index in [1.807, 2.05) is 0 Å². The summed E-state index contributed by atoms with van der Waals surface area (Å²) in [7, 11) is 0. The number of rotatable bonds is 5. The first-order valence-corrected chi connectivity index (χ1v) is 6.55. The lowest BCUT2D eigenvalue weighted by atomic mass is 9.96. The maximum Gasteiger partial charge on any atom is 0.337 e. The van der Waals surface area contributed by atoms with Crippen LogP contribution in [0.4, 0.5) is 5.69 Å². The van der Waals surface area contributed by atoms with Crippen molar-refractivity contribution in [1.82, 2.24) is 0 Å². The molecular formula is C16H11NO7. The fraction of sp³-hybridized carbons (Fsp3) is 0. The molecule has 0 saturated heterocycles. The number of para-hydroxylation sites is 1. The molecule has 0 saturated carbocycles. The van der Waals surface area contributed by atoms with Crippen LogP contribution in [0.3, 0.4) is 0 Å². The summed E-state index contributed by atoms with van der Waals surface area (Å²) in [6.45, 7) is 0. The average molecular weight is 329 g/mol. The molecule has 0 atom stereocenters. The zero-order valence-electron chi connectivity index (χ0n) is 12.0. The number of hydrogen-bond donors (Lipinski definition) is 4. The van der Waals surface area contributed by atoms with Gasteiger partial charge in [0.05, 0.1) is 22.3 Å². The van der Waals surface area contributed by atoms with Crippen molar-refractivity contribution in [2.75, 3.05) is 5.32 Å². The summed E-state index contributed by atoms with van der Waals surface area (Å²) in [5, 5.41) is 29.8. The maximum atomic E-state index is 12.3. The summed E-state index contributed by atoms with van der Waals surface area (Å²) in [5.41, 5.74) is -2.27. The Bertz CT molecular complexity index is 843. The van der Waals surface area contributed by atoms with Crippen LogP contribution in [0.1, 0.15) is 41.4 Å². The Morgan fingerprint density at radius 2 is 1.33 bits per heavy atom. The quantitative estimate of drug-likeness (QED) is 0.657. The highest BCUT2D eigenvalue weighted by atomic mass is 16.4. The first-order chi connectivity index (χ1) is 11.3. The molecule has 0 heterocycles. The van der Waals surface area contributed by atoms with Crippen molar-refractivity contribution in [3.8, 4) is 0 Å². The highest BCUT2D eigenvalue weighted by molar-refractivity contribution is 6.15. The molecule has 0 aliphatic heterocycles. The van der Waals surface area contributed by atoms with Crippen LogP contribution in [-0.2, 0) is 0 Å². The van der Waals surface area contributed by atoms with Gasteiger partial charge in [-0.1, -0.05) is 18.2 Å². The van der Waals surface area contributed by atoms with Crippen LogP contribution in [0.5, 0.6) is 0 Å². The normalized spacial score (nSPS) is 10.0. The van der Waals surface area contributed by atoms with Crippen LogP contribution in [0.25, 0.3) is 0 Å². The van der Waals surface area contributed by atoms with Crippen molar-refractivity contribution >= 4 is 29.5 Å². The van der Waals surface area contributed by atoms with Crippen LogP contribution in [0.15, 0.2) is 42.5 Å². The smallest absolute Gasteiger partial charge is 0.337 e. The molecule has 0 aromatic heterocycles. The molecule has 0 fully saturated rings. The molecule has 2 aromatic carbocycles. The molecule has 2 rings (SSSR count). The van der Waals surface area contributed by atoms with Crippen LogP contribution in [0, 0.1) is 0 Å². The third-order valence-corrected chi connectivity index (χ3v) is 3.11. The van der Waals surface area contributed by atoms with Crippen molar-refractivity contribution < 1.29 is 34.5 Å². The van der Waals surface area contributed by atoms with Crippen LogP contribution in [0.2, 0.25) is 0 Å². The Morgan fingerprint density at radius 3 is 1.83 bits per heavy atom. The zero-order chi connectivity index (χ0) is 17.9. The monoisotopic (exact) mass is 329 g/mol. The third-order valence-electron chi connectivity index (χ3n) is 3.11. The number of amides is 1. The molecule has 0 bridgehead atoms. The van der Waals surface area contributed by atoms with Gasteiger partial charge >= 0.3 is 17.9 Å². The van der Waals surface area contributed by atoms with Gasteiger partial charge in [-0.15, -0.1) is 0 Å². The minimum atomic E-state index is -1.65. The van der Waals surface area contributed by atoms with Gasteiger partial charge in [-0.3, -0.25) is 4.79 Å². The van der Waals surface area contributed by atoms with Gasteiger partial charge in [0.2, 0.25) is 0 Å². The van der Waals surface area contributed by atoms with Gasteiger partial charge < -0.3 is 20.6 Å². The Balaban J connectivity index is 2.61. The molecule has 122 valence electrons. The Kier molecular flexibility index (Phi) is 4.60. The van der Waals surface area contributed by atoms with Crippen molar-refractivity contribution in [1.29, 1.82) is 0 Å². The number of hydrogen-bond acceptors (Lipinski definition) is 4. The number of nitrogens with one attached hydrogen (secondary N) is 1. The van der Waals surface area contributed by atoms with Gasteiger partial charge in [-0.25, -0.2) is 14.4 Å². The Hall–Kier alpha value is -3.68. The first-order valence-electron chi connectivity index (χ1n) is 6.55. The second kappa shape index (κ2) is 6.61. The number of carbonyl (C=O) groups is 4. The highest BCUT2D eigenvalue weighted by Crippen LogP contribution is 2.20. The largest absolute Gasteiger partial charge is 0.478 e. The van der Waals surface area contributed by atoms with E-state index in [4.69, 9.17) is 10.2 Å². The number of aromatic carboxylic acids is 3. The van der Waals surface area contributed by atoms with Crippen LogP contribution < -0.4 is 5.32 Å². The third kappa shape index (κ3) is 3.38. The Labute approximate surface area is 135 Å². The predicted octanol–water partition coefficient (Wildman–Crippen LogP) is 2.03. The van der Waals surface area contributed by atoms with E-state index in [1.54, 1.807) is 18.2 Å².